The molecule has 0 saturated carbocycles. The van der Waals surface area contributed by atoms with Gasteiger partial charge in [-0.3, -0.25) is 0 Å². The zero-order valence-electron chi connectivity index (χ0n) is 19.0. The molecule has 2 aromatic carbocycles. The highest BCUT2D eigenvalue weighted by atomic mass is 32.1. The summed E-state index contributed by atoms with van der Waals surface area (Å²) in [6, 6.07) is 12.6. The van der Waals surface area contributed by atoms with Crippen molar-refractivity contribution in [2.45, 2.75) is 19.9 Å². The molecule has 174 valence electrons. The summed E-state index contributed by atoms with van der Waals surface area (Å²) in [5.41, 5.74) is 3.68. The van der Waals surface area contributed by atoms with E-state index < -0.39 is 5.97 Å². The smallest absolute Gasteiger partial charge is 0.339 e. The van der Waals surface area contributed by atoms with Gasteiger partial charge in [-0.15, -0.1) is 5.10 Å². The van der Waals surface area contributed by atoms with Gasteiger partial charge in [0.25, 0.3) is 0 Å². The number of hydrogen-bond donors (Lipinski definition) is 1. The number of thiazole rings is 1. The van der Waals surface area contributed by atoms with Gasteiger partial charge in [-0.05, 0) is 48.9 Å². The molecule has 0 spiro atoms. The van der Waals surface area contributed by atoms with Gasteiger partial charge in [0.05, 0.1) is 37.7 Å². The van der Waals surface area contributed by atoms with Crippen LogP contribution in [0, 0.1) is 6.92 Å². The first kappa shape index (κ1) is 21.9. The van der Waals surface area contributed by atoms with Gasteiger partial charge in [-0.2, -0.15) is 4.98 Å². The van der Waals surface area contributed by atoms with Crippen LogP contribution in [0.4, 0.5) is 10.5 Å². The van der Waals surface area contributed by atoms with Crippen LogP contribution in [0.1, 0.15) is 26.5 Å². The fourth-order valence-corrected chi connectivity index (χ4v) is 5.09. The predicted molar refractivity (Wildman–Crippen MR) is 129 cm³/mol. The minimum atomic E-state index is -0.491. The molecule has 9 nitrogen and oxygen atoms in total. The van der Waals surface area contributed by atoms with E-state index >= 15 is 0 Å². The molecule has 1 aliphatic heterocycles. The number of hydrogen-bond acceptors (Lipinski definition) is 7. The molecule has 2 aromatic heterocycles. The van der Waals surface area contributed by atoms with Crippen LogP contribution in [-0.4, -0.2) is 52.3 Å². The maximum Gasteiger partial charge on any atom is 0.339 e. The maximum absolute atomic E-state index is 13.0. The molecule has 0 radical (unpaired) electrons. The predicted octanol–water partition coefficient (Wildman–Crippen LogP) is 4.15. The maximum atomic E-state index is 13.0. The van der Waals surface area contributed by atoms with Crippen molar-refractivity contribution >= 4 is 34.0 Å². The van der Waals surface area contributed by atoms with Crippen molar-refractivity contribution in [1.29, 1.82) is 0 Å². The first-order chi connectivity index (χ1) is 16.5. The summed E-state index contributed by atoms with van der Waals surface area (Å²) < 4.78 is 11.9. The molecule has 2 amide bonds. The lowest BCUT2D eigenvalue weighted by Gasteiger charge is -2.27. The van der Waals surface area contributed by atoms with E-state index in [0.717, 1.165) is 32.4 Å². The Labute approximate surface area is 199 Å². The fraction of sp³-hybridized carbons (Fsp3) is 0.250. The molecule has 3 heterocycles. The standard InChI is InChI=1S/C24H23N5O4S/c1-14-4-9-17(22(30)33-3)18(12-14)25-23(31)28-11-10-19-20(13-28)34-24-26-21(27-29(19)24)15-5-7-16(32-2)8-6-15/h4-9,12H,10-11,13H2,1-3H3,(H,25,31). The van der Waals surface area contributed by atoms with Gasteiger partial charge in [0.15, 0.2) is 5.82 Å². The number of nitrogens with zero attached hydrogens (tertiary/aromatic N) is 4. The number of rotatable bonds is 4. The average molecular weight is 478 g/mol. The minimum absolute atomic E-state index is 0.265. The summed E-state index contributed by atoms with van der Waals surface area (Å²) >= 11 is 1.53. The lowest BCUT2D eigenvalue weighted by atomic mass is 10.1. The van der Waals surface area contributed by atoms with Crippen LogP contribution in [0.5, 0.6) is 5.75 Å². The third-order valence-corrected chi connectivity index (χ3v) is 6.84. The molecule has 0 unspecified atom stereocenters. The Kier molecular flexibility index (Phi) is 5.66. The number of aryl methyl sites for hydroxylation is 1. The molecule has 0 saturated heterocycles. The molecular formula is C24H23N5O4S. The van der Waals surface area contributed by atoms with Crippen LogP contribution < -0.4 is 10.1 Å². The van der Waals surface area contributed by atoms with Crippen LogP contribution in [0.3, 0.4) is 0 Å². The van der Waals surface area contributed by atoms with E-state index in [1.54, 1.807) is 24.1 Å². The zero-order valence-corrected chi connectivity index (χ0v) is 19.8. The highest BCUT2D eigenvalue weighted by Crippen LogP contribution is 2.30. The zero-order chi connectivity index (χ0) is 23.8. The van der Waals surface area contributed by atoms with E-state index in [2.05, 4.69) is 5.32 Å². The van der Waals surface area contributed by atoms with E-state index in [4.69, 9.17) is 19.6 Å². The van der Waals surface area contributed by atoms with E-state index in [9.17, 15) is 9.59 Å². The molecule has 0 bridgehead atoms. The summed E-state index contributed by atoms with van der Waals surface area (Å²) in [5.74, 6) is 0.950. The number of nitrogens with one attached hydrogen (secondary N) is 1. The highest BCUT2D eigenvalue weighted by molar-refractivity contribution is 7.17. The van der Waals surface area contributed by atoms with Crippen molar-refractivity contribution in [3.63, 3.8) is 0 Å². The van der Waals surface area contributed by atoms with Crippen molar-refractivity contribution in [3.05, 3.63) is 64.2 Å². The SMILES string of the molecule is COC(=O)c1ccc(C)cc1NC(=O)N1CCc2c(sc3nc(-c4ccc(OC)cc4)nn23)C1. The monoisotopic (exact) mass is 477 g/mol. The molecule has 5 rings (SSSR count). The number of urea groups is 1. The number of carbonyl (C=O) groups excluding carboxylic acids is 2. The number of esters is 1. The Hall–Kier alpha value is -3.92. The molecule has 10 heteroatoms. The van der Waals surface area contributed by atoms with Crippen molar-refractivity contribution in [2.75, 3.05) is 26.1 Å². The molecule has 34 heavy (non-hydrogen) atoms. The van der Waals surface area contributed by atoms with Crippen LogP contribution in [0.15, 0.2) is 42.5 Å². The molecule has 0 atom stereocenters. The normalized spacial score (nSPS) is 13.0. The lowest BCUT2D eigenvalue weighted by molar-refractivity contribution is 0.0602. The number of amides is 2. The van der Waals surface area contributed by atoms with Gasteiger partial charge < -0.3 is 19.7 Å². The molecule has 1 aliphatic rings. The van der Waals surface area contributed by atoms with Gasteiger partial charge >= 0.3 is 12.0 Å². The van der Waals surface area contributed by atoms with Crippen LogP contribution in [0.25, 0.3) is 16.3 Å². The second kappa shape index (κ2) is 8.79. The van der Waals surface area contributed by atoms with Crippen LogP contribution >= 0.6 is 11.3 Å². The summed E-state index contributed by atoms with van der Waals surface area (Å²) in [6.45, 7) is 2.88. The Morgan fingerprint density at radius 1 is 1.12 bits per heavy atom. The number of anilines is 1. The molecule has 1 N–H and O–H groups in total. The van der Waals surface area contributed by atoms with Gasteiger partial charge in [0.1, 0.15) is 5.75 Å². The fourth-order valence-electron chi connectivity index (χ4n) is 3.97. The molecule has 4 aromatic rings. The Morgan fingerprint density at radius 3 is 2.65 bits per heavy atom. The minimum Gasteiger partial charge on any atom is -0.497 e. The highest BCUT2D eigenvalue weighted by Gasteiger charge is 2.27. The number of fused-ring (bicyclic) bond motifs is 3. The Morgan fingerprint density at radius 2 is 1.91 bits per heavy atom. The van der Waals surface area contributed by atoms with Gasteiger partial charge in [0, 0.05) is 23.4 Å². The van der Waals surface area contributed by atoms with Crippen molar-refractivity contribution in [3.8, 4) is 17.1 Å². The number of aromatic nitrogens is 3. The topological polar surface area (TPSA) is 98.1 Å². The van der Waals surface area contributed by atoms with E-state index in [0.29, 0.717) is 36.6 Å². The van der Waals surface area contributed by atoms with E-state index in [1.807, 2.05) is 41.8 Å². The van der Waals surface area contributed by atoms with Crippen molar-refractivity contribution in [2.24, 2.45) is 0 Å². The molecule has 0 aliphatic carbocycles. The number of benzene rings is 2. The summed E-state index contributed by atoms with van der Waals surface area (Å²) in [5, 5.41) is 7.58. The molecule has 0 fully saturated rings. The summed E-state index contributed by atoms with van der Waals surface area (Å²) in [6.07, 6.45) is 0.659. The van der Waals surface area contributed by atoms with E-state index in [-0.39, 0.29) is 6.03 Å². The first-order valence-corrected chi connectivity index (χ1v) is 11.5. The lowest BCUT2D eigenvalue weighted by Crippen LogP contribution is -2.39. The average Bonchev–Trinajstić information content (AvgIpc) is 3.41. The van der Waals surface area contributed by atoms with Gasteiger partial charge in [0.2, 0.25) is 4.96 Å². The van der Waals surface area contributed by atoms with Crippen LogP contribution in [0.2, 0.25) is 0 Å². The number of methoxy groups -OCH3 is 2. The first-order valence-electron chi connectivity index (χ1n) is 10.7. The summed E-state index contributed by atoms with van der Waals surface area (Å²) in [7, 11) is 2.95. The largest absolute Gasteiger partial charge is 0.497 e. The number of carbonyl (C=O) groups is 2. The summed E-state index contributed by atoms with van der Waals surface area (Å²) in [4.78, 5) is 33.4. The number of ether oxygens (including phenoxy) is 2. The second-order valence-corrected chi connectivity index (χ2v) is 9.03. The Balaban J connectivity index is 1.35. The molecular weight excluding hydrogens is 454 g/mol. The third kappa shape index (κ3) is 3.96. The van der Waals surface area contributed by atoms with E-state index in [1.165, 1.54) is 18.4 Å². The second-order valence-electron chi connectivity index (χ2n) is 7.97. The van der Waals surface area contributed by atoms with Gasteiger partial charge in [-0.1, -0.05) is 17.4 Å². The quantitative estimate of drug-likeness (QED) is 0.444. The van der Waals surface area contributed by atoms with Crippen LogP contribution in [-0.2, 0) is 17.7 Å². The van der Waals surface area contributed by atoms with Gasteiger partial charge in [-0.25, -0.2) is 14.1 Å². The third-order valence-electron chi connectivity index (χ3n) is 5.78. The Bertz CT molecular complexity index is 1390. The van der Waals surface area contributed by atoms with Crippen molar-refractivity contribution < 1.29 is 19.1 Å². The van der Waals surface area contributed by atoms with Crippen molar-refractivity contribution in [1.82, 2.24) is 19.5 Å².